The normalized spacial score (nSPS) is 19.7. The lowest BCUT2D eigenvalue weighted by Crippen LogP contribution is -2.40. The first-order valence-electron chi connectivity index (χ1n) is 8.10. The van der Waals surface area contributed by atoms with Crippen LogP contribution in [-0.2, 0) is 16.9 Å². The van der Waals surface area contributed by atoms with Gasteiger partial charge in [-0.15, -0.1) is 0 Å². The maximum atomic E-state index is 13.1. The van der Waals surface area contributed by atoms with Gasteiger partial charge in [-0.3, -0.25) is 9.69 Å². The first-order valence-corrected chi connectivity index (χ1v) is 8.10. The number of hydrogen-bond donors (Lipinski definition) is 1. The van der Waals surface area contributed by atoms with Crippen LogP contribution in [0.15, 0.2) is 22.7 Å². The second-order valence-electron chi connectivity index (χ2n) is 6.32. The standard InChI is InChI=1S/C18H21N3O5/c1-10-13(11(2)26-20-10)9-21-16(22)18(3,19-17(21)23)12-6-7-14(24-4)15(8-12)25-5/h6-8H,9H2,1-5H3,(H,19,23)/t18-/m0/s1. The van der Waals surface area contributed by atoms with Crippen LogP contribution in [0, 0.1) is 13.8 Å². The predicted molar refractivity (Wildman–Crippen MR) is 92.0 cm³/mol. The van der Waals surface area contributed by atoms with Crippen LogP contribution < -0.4 is 14.8 Å². The number of imide groups is 1. The van der Waals surface area contributed by atoms with Crippen molar-refractivity contribution in [2.45, 2.75) is 32.9 Å². The molecule has 1 aromatic heterocycles. The molecular formula is C18H21N3O5. The number of methoxy groups -OCH3 is 2. The molecule has 26 heavy (non-hydrogen) atoms. The van der Waals surface area contributed by atoms with Crippen molar-refractivity contribution in [2.24, 2.45) is 0 Å². The van der Waals surface area contributed by atoms with Crippen LogP contribution in [0.5, 0.6) is 11.5 Å². The third-order valence-electron chi connectivity index (χ3n) is 4.73. The van der Waals surface area contributed by atoms with Gasteiger partial charge in [-0.1, -0.05) is 11.2 Å². The molecule has 8 nitrogen and oxygen atoms in total. The van der Waals surface area contributed by atoms with Crippen molar-refractivity contribution in [2.75, 3.05) is 14.2 Å². The highest BCUT2D eigenvalue weighted by Crippen LogP contribution is 2.36. The number of ether oxygens (including phenoxy) is 2. The second kappa shape index (κ2) is 6.36. The minimum absolute atomic E-state index is 0.106. The number of rotatable bonds is 5. The Labute approximate surface area is 151 Å². The maximum absolute atomic E-state index is 13.1. The Morgan fingerprint density at radius 1 is 1.19 bits per heavy atom. The van der Waals surface area contributed by atoms with Crippen LogP contribution >= 0.6 is 0 Å². The van der Waals surface area contributed by atoms with E-state index in [1.165, 1.54) is 19.1 Å². The van der Waals surface area contributed by atoms with Crippen LogP contribution in [0.2, 0.25) is 0 Å². The number of carbonyl (C=O) groups is 2. The summed E-state index contributed by atoms with van der Waals surface area (Å²) < 4.78 is 15.6. The average Bonchev–Trinajstić information content (AvgIpc) is 3.06. The lowest BCUT2D eigenvalue weighted by atomic mass is 9.91. The SMILES string of the molecule is COc1ccc([C@]2(C)NC(=O)N(Cc3c(C)noc3C)C2=O)cc1OC. The van der Waals surface area contributed by atoms with Crippen LogP contribution in [-0.4, -0.2) is 36.2 Å². The van der Waals surface area contributed by atoms with Crippen molar-refractivity contribution < 1.29 is 23.6 Å². The van der Waals surface area contributed by atoms with Crippen LogP contribution in [0.1, 0.15) is 29.5 Å². The first-order chi connectivity index (χ1) is 12.3. The summed E-state index contributed by atoms with van der Waals surface area (Å²) in [6.07, 6.45) is 0. The van der Waals surface area contributed by atoms with Gasteiger partial charge in [-0.25, -0.2) is 4.79 Å². The van der Waals surface area contributed by atoms with E-state index in [9.17, 15) is 9.59 Å². The summed E-state index contributed by atoms with van der Waals surface area (Å²) in [5.74, 6) is 1.26. The molecule has 3 rings (SSSR count). The van der Waals surface area contributed by atoms with Crippen LogP contribution in [0.3, 0.4) is 0 Å². The van der Waals surface area contributed by atoms with Gasteiger partial charge in [0.2, 0.25) is 0 Å². The molecule has 1 saturated heterocycles. The molecule has 1 aliphatic heterocycles. The summed E-state index contributed by atoms with van der Waals surface area (Å²) >= 11 is 0. The lowest BCUT2D eigenvalue weighted by molar-refractivity contribution is -0.131. The molecule has 2 aromatic rings. The third-order valence-corrected chi connectivity index (χ3v) is 4.73. The number of aryl methyl sites for hydroxylation is 2. The molecule has 8 heteroatoms. The van der Waals surface area contributed by atoms with Crippen LogP contribution in [0.4, 0.5) is 4.79 Å². The molecule has 138 valence electrons. The van der Waals surface area contributed by atoms with Gasteiger partial charge in [0.05, 0.1) is 26.5 Å². The van der Waals surface area contributed by atoms with Gasteiger partial charge in [0.25, 0.3) is 5.91 Å². The van der Waals surface area contributed by atoms with Crippen molar-refractivity contribution in [3.63, 3.8) is 0 Å². The summed E-state index contributed by atoms with van der Waals surface area (Å²) in [6.45, 7) is 5.30. The summed E-state index contributed by atoms with van der Waals surface area (Å²) in [7, 11) is 3.05. The van der Waals surface area contributed by atoms with Gasteiger partial charge < -0.3 is 19.3 Å². The number of hydrogen-bond acceptors (Lipinski definition) is 6. The fourth-order valence-electron chi connectivity index (χ4n) is 3.07. The molecule has 0 saturated carbocycles. The van der Waals surface area contributed by atoms with Gasteiger partial charge in [-0.2, -0.15) is 0 Å². The Balaban J connectivity index is 1.94. The summed E-state index contributed by atoms with van der Waals surface area (Å²) in [5, 5.41) is 6.65. The number of carbonyl (C=O) groups excluding carboxylic acids is 2. The van der Waals surface area contributed by atoms with E-state index in [2.05, 4.69) is 10.5 Å². The molecule has 1 aliphatic rings. The van der Waals surface area contributed by atoms with Crippen molar-refractivity contribution in [3.8, 4) is 11.5 Å². The van der Waals surface area contributed by atoms with Gasteiger partial charge in [0.15, 0.2) is 11.5 Å². The molecule has 0 bridgehead atoms. The van der Waals surface area contributed by atoms with Gasteiger partial charge in [-0.05, 0) is 38.5 Å². The highest BCUT2D eigenvalue weighted by Gasteiger charge is 2.49. The fourth-order valence-corrected chi connectivity index (χ4v) is 3.07. The van der Waals surface area contributed by atoms with E-state index in [0.29, 0.717) is 28.5 Å². The van der Waals surface area contributed by atoms with E-state index in [-0.39, 0.29) is 12.5 Å². The Bertz CT molecular complexity index is 856. The third kappa shape index (κ3) is 2.67. The molecule has 1 aromatic carbocycles. The zero-order valence-corrected chi connectivity index (χ0v) is 15.4. The zero-order chi connectivity index (χ0) is 19.1. The maximum Gasteiger partial charge on any atom is 0.325 e. The van der Waals surface area contributed by atoms with Crippen molar-refractivity contribution in [1.29, 1.82) is 0 Å². The second-order valence-corrected chi connectivity index (χ2v) is 6.32. The number of nitrogens with one attached hydrogen (secondary N) is 1. The predicted octanol–water partition coefficient (Wildman–Crippen LogP) is 2.28. The first kappa shape index (κ1) is 17.8. The number of amides is 3. The molecule has 0 radical (unpaired) electrons. The fraction of sp³-hybridized carbons (Fsp3) is 0.389. The molecule has 3 amide bonds. The van der Waals surface area contributed by atoms with E-state index < -0.39 is 11.6 Å². The molecule has 1 atom stereocenters. The molecule has 2 heterocycles. The highest BCUT2D eigenvalue weighted by atomic mass is 16.5. The van der Waals surface area contributed by atoms with Crippen molar-refractivity contribution >= 4 is 11.9 Å². The molecule has 1 fully saturated rings. The van der Waals surface area contributed by atoms with Crippen molar-refractivity contribution in [3.05, 3.63) is 40.8 Å². The van der Waals surface area contributed by atoms with Crippen molar-refractivity contribution in [1.82, 2.24) is 15.4 Å². The van der Waals surface area contributed by atoms with E-state index in [1.807, 2.05) is 0 Å². The topological polar surface area (TPSA) is 93.9 Å². The number of nitrogens with zero attached hydrogens (tertiary/aromatic N) is 2. The number of benzene rings is 1. The Morgan fingerprint density at radius 2 is 1.88 bits per heavy atom. The molecule has 1 N–H and O–H groups in total. The minimum atomic E-state index is -1.20. The monoisotopic (exact) mass is 359 g/mol. The van der Waals surface area contributed by atoms with E-state index in [0.717, 1.165) is 5.56 Å². The van der Waals surface area contributed by atoms with Gasteiger partial charge in [0, 0.05) is 5.56 Å². The van der Waals surface area contributed by atoms with Crippen LogP contribution in [0.25, 0.3) is 0 Å². The number of urea groups is 1. The quantitative estimate of drug-likeness (QED) is 0.823. The molecule has 0 aliphatic carbocycles. The Morgan fingerprint density at radius 3 is 2.46 bits per heavy atom. The van der Waals surface area contributed by atoms with E-state index in [4.69, 9.17) is 14.0 Å². The minimum Gasteiger partial charge on any atom is -0.493 e. The van der Waals surface area contributed by atoms with E-state index >= 15 is 0 Å². The zero-order valence-electron chi connectivity index (χ0n) is 15.4. The highest BCUT2D eigenvalue weighted by molar-refractivity contribution is 6.07. The molecule has 0 spiro atoms. The average molecular weight is 359 g/mol. The smallest absolute Gasteiger partial charge is 0.325 e. The summed E-state index contributed by atoms with van der Waals surface area (Å²) in [4.78, 5) is 26.7. The number of aromatic nitrogens is 1. The van der Waals surface area contributed by atoms with Gasteiger partial charge in [0.1, 0.15) is 11.3 Å². The molecular weight excluding hydrogens is 338 g/mol. The summed E-state index contributed by atoms with van der Waals surface area (Å²) in [5.41, 5.74) is 0.790. The Kier molecular flexibility index (Phi) is 4.35. The molecule has 0 unspecified atom stereocenters. The van der Waals surface area contributed by atoms with E-state index in [1.54, 1.807) is 39.0 Å². The Hall–Kier alpha value is -3.03. The summed E-state index contributed by atoms with van der Waals surface area (Å²) in [6, 6.07) is 4.66. The largest absolute Gasteiger partial charge is 0.493 e. The lowest BCUT2D eigenvalue weighted by Gasteiger charge is -2.23. The van der Waals surface area contributed by atoms with Gasteiger partial charge >= 0.3 is 6.03 Å².